The van der Waals surface area contributed by atoms with Crippen LogP contribution in [-0.2, 0) is 10.9 Å². The number of aromatic nitrogens is 1. The van der Waals surface area contributed by atoms with E-state index < -0.39 is 23.4 Å². The Hall–Kier alpha value is -2.62. The Morgan fingerprint density at radius 1 is 1.28 bits per heavy atom. The summed E-state index contributed by atoms with van der Waals surface area (Å²) in [5, 5.41) is 4.68. The lowest BCUT2D eigenvalue weighted by molar-refractivity contribution is -0.137. The van der Waals surface area contributed by atoms with E-state index in [-0.39, 0.29) is 17.5 Å². The molecule has 32 heavy (non-hydrogen) atoms. The first kappa shape index (κ1) is 24.0. The third-order valence-electron chi connectivity index (χ3n) is 4.90. The lowest BCUT2D eigenvalue weighted by Crippen LogP contribution is -2.44. The normalized spacial score (nSPS) is 17.2. The van der Waals surface area contributed by atoms with E-state index >= 15 is 0 Å². The number of likely N-dealkylation sites (tertiary alicyclic amines) is 1. The second-order valence-electron chi connectivity index (χ2n) is 8.76. The first-order valence-corrected chi connectivity index (χ1v) is 11.2. The largest absolute Gasteiger partial charge is 0.444 e. The molecular formula is C22H26F3N3O3S. The van der Waals surface area contributed by atoms with Crippen LogP contribution in [-0.4, -0.2) is 47.1 Å². The summed E-state index contributed by atoms with van der Waals surface area (Å²) in [7, 11) is 0. The van der Waals surface area contributed by atoms with Crippen LogP contribution in [0, 0.1) is 5.92 Å². The van der Waals surface area contributed by atoms with Crippen molar-refractivity contribution in [1.82, 2.24) is 15.2 Å². The molecule has 10 heteroatoms. The predicted molar refractivity (Wildman–Crippen MR) is 115 cm³/mol. The molecule has 1 atom stereocenters. The van der Waals surface area contributed by atoms with E-state index in [1.54, 1.807) is 37.1 Å². The van der Waals surface area contributed by atoms with Crippen LogP contribution >= 0.6 is 11.3 Å². The SMILES string of the molecule is CC(C)(C)OC(=O)NCC1CCCN(C(=O)c2csc(-c3cccc(C(F)(F)F)c3)n2)C1. The summed E-state index contributed by atoms with van der Waals surface area (Å²) in [5.74, 6) is -0.178. The van der Waals surface area contributed by atoms with Gasteiger partial charge >= 0.3 is 12.3 Å². The van der Waals surface area contributed by atoms with Gasteiger partial charge in [0.15, 0.2) is 0 Å². The van der Waals surface area contributed by atoms with E-state index in [1.807, 2.05) is 0 Å². The van der Waals surface area contributed by atoms with Gasteiger partial charge in [0.2, 0.25) is 0 Å². The molecule has 1 unspecified atom stereocenters. The number of carbonyl (C=O) groups is 2. The molecule has 6 nitrogen and oxygen atoms in total. The van der Waals surface area contributed by atoms with E-state index in [2.05, 4.69) is 10.3 Å². The zero-order valence-electron chi connectivity index (χ0n) is 18.2. The third kappa shape index (κ3) is 6.44. The minimum absolute atomic E-state index is 0.0850. The number of rotatable bonds is 4. The van der Waals surface area contributed by atoms with Crippen molar-refractivity contribution >= 4 is 23.3 Å². The van der Waals surface area contributed by atoms with Gasteiger partial charge in [-0.25, -0.2) is 9.78 Å². The maximum absolute atomic E-state index is 13.0. The Morgan fingerprint density at radius 2 is 2.03 bits per heavy atom. The molecule has 0 radical (unpaired) electrons. The van der Waals surface area contributed by atoms with Crippen molar-refractivity contribution in [3.8, 4) is 10.6 Å². The summed E-state index contributed by atoms with van der Waals surface area (Å²) >= 11 is 1.14. The maximum atomic E-state index is 13.0. The number of piperidine rings is 1. The summed E-state index contributed by atoms with van der Waals surface area (Å²) < 4.78 is 44.2. The minimum atomic E-state index is -4.44. The molecule has 1 N–H and O–H groups in total. The van der Waals surface area contributed by atoms with Gasteiger partial charge in [0.1, 0.15) is 16.3 Å². The van der Waals surface area contributed by atoms with E-state index in [0.717, 1.165) is 36.3 Å². The van der Waals surface area contributed by atoms with Crippen LogP contribution in [0.15, 0.2) is 29.6 Å². The van der Waals surface area contributed by atoms with Crippen LogP contribution in [0.1, 0.15) is 49.7 Å². The first-order chi connectivity index (χ1) is 14.9. The molecule has 0 aliphatic carbocycles. The number of halogens is 3. The number of hydrogen-bond acceptors (Lipinski definition) is 5. The van der Waals surface area contributed by atoms with Crippen LogP contribution in [0.5, 0.6) is 0 Å². The zero-order valence-corrected chi connectivity index (χ0v) is 19.0. The number of nitrogens with one attached hydrogen (secondary N) is 1. The Balaban J connectivity index is 1.62. The molecule has 0 spiro atoms. The molecular weight excluding hydrogens is 443 g/mol. The van der Waals surface area contributed by atoms with Crippen LogP contribution in [0.2, 0.25) is 0 Å². The van der Waals surface area contributed by atoms with Gasteiger partial charge in [0.25, 0.3) is 5.91 Å². The van der Waals surface area contributed by atoms with Crippen molar-refractivity contribution < 1.29 is 27.5 Å². The minimum Gasteiger partial charge on any atom is -0.444 e. The molecule has 1 aromatic carbocycles. The van der Waals surface area contributed by atoms with E-state index in [1.165, 1.54) is 6.07 Å². The van der Waals surface area contributed by atoms with Crippen molar-refractivity contribution in [2.75, 3.05) is 19.6 Å². The lowest BCUT2D eigenvalue weighted by atomic mass is 9.98. The lowest BCUT2D eigenvalue weighted by Gasteiger charge is -2.32. The van der Waals surface area contributed by atoms with Crippen LogP contribution in [0.25, 0.3) is 10.6 Å². The maximum Gasteiger partial charge on any atom is 0.416 e. The average Bonchev–Trinajstić information content (AvgIpc) is 3.20. The van der Waals surface area contributed by atoms with Crippen molar-refractivity contribution in [3.05, 3.63) is 40.9 Å². The molecule has 1 fully saturated rings. The van der Waals surface area contributed by atoms with E-state index in [9.17, 15) is 22.8 Å². The Morgan fingerprint density at radius 3 is 2.72 bits per heavy atom. The van der Waals surface area contributed by atoms with Crippen molar-refractivity contribution in [2.45, 2.75) is 45.4 Å². The second kappa shape index (κ2) is 9.48. The van der Waals surface area contributed by atoms with Gasteiger partial charge in [0, 0.05) is 30.6 Å². The smallest absolute Gasteiger partial charge is 0.416 e. The summed E-state index contributed by atoms with van der Waals surface area (Å²) in [6.45, 7) is 6.79. The average molecular weight is 470 g/mol. The van der Waals surface area contributed by atoms with Crippen molar-refractivity contribution in [1.29, 1.82) is 0 Å². The summed E-state index contributed by atoms with van der Waals surface area (Å²) in [6, 6.07) is 4.91. The quantitative estimate of drug-likeness (QED) is 0.668. The van der Waals surface area contributed by atoms with E-state index in [4.69, 9.17) is 4.74 Å². The zero-order chi connectivity index (χ0) is 23.5. The highest BCUT2D eigenvalue weighted by Gasteiger charge is 2.31. The molecule has 2 amide bonds. The topological polar surface area (TPSA) is 71.5 Å². The molecule has 0 bridgehead atoms. The van der Waals surface area contributed by atoms with Crippen LogP contribution in [0.3, 0.4) is 0 Å². The number of thiazole rings is 1. The molecule has 3 rings (SSSR count). The van der Waals surface area contributed by atoms with Crippen LogP contribution < -0.4 is 5.32 Å². The van der Waals surface area contributed by atoms with Gasteiger partial charge in [-0.2, -0.15) is 13.2 Å². The molecule has 2 heterocycles. The molecule has 1 aliphatic rings. The Bertz CT molecular complexity index is 969. The number of alkyl carbamates (subject to hydrolysis) is 1. The Labute approximate surface area is 188 Å². The number of benzene rings is 1. The number of ether oxygens (including phenoxy) is 1. The van der Waals surface area contributed by atoms with Gasteiger partial charge in [-0.05, 0) is 51.7 Å². The number of amides is 2. The first-order valence-electron chi connectivity index (χ1n) is 10.3. The number of carbonyl (C=O) groups excluding carboxylic acids is 2. The van der Waals surface area contributed by atoms with Gasteiger partial charge in [0.05, 0.1) is 5.56 Å². The molecule has 2 aromatic rings. The number of alkyl halides is 3. The Kier molecular flexibility index (Phi) is 7.12. The van der Waals surface area contributed by atoms with Gasteiger partial charge < -0.3 is 15.0 Å². The molecule has 174 valence electrons. The summed E-state index contributed by atoms with van der Waals surface area (Å²) in [5.41, 5.74) is -0.805. The fraction of sp³-hybridized carbons (Fsp3) is 0.500. The second-order valence-corrected chi connectivity index (χ2v) is 9.62. The van der Waals surface area contributed by atoms with Gasteiger partial charge in [-0.3, -0.25) is 4.79 Å². The number of nitrogens with zero attached hydrogens (tertiary/aromatic N) is 2. The van der Waals surface area contributed by atoms with Gasteiger partial charge in [-0.1, -0.05) is 12.1 Å². The van der Waals surface area contributed by atoms with E-state index in [0.29, 0.717) is 30.2 Å². The van der Waals surface area contributed by atoms with Crippen molar-refractivity contribution in [3.63, 3.8) is 0 Å². The molecule has 1 aliphatic heterocycles. The molecule has 1 aromatic heterocycles. The highest BCUT2D eigenvalue weighted by atomic mass is 32.1. The highest BCUT2D eigenvalue weighted by Crippen LogP contribution is 2.33. The third-order valence-corrected chi connectivity index (χ3v) is 5.79. The fourth-order valence-electron chi connectivity index (χ4n) is 3.45. The van der Waals surface area contributed by atoms with Crippen molar-refractivity contribution in [2.24, 2.45) is 5.92 Å². The summed E-state index contributed by atoms with van der Waals surface area (Å²) in [4.78, 5) is 30.8. The monoisotopic (exact) mass is 469 g/mol. The fourth-order valence-corrected chi connectivity index (χ4v) is 4.24. The van der Waals surface area contributed by atoms with Crippen LogP contribution in [0.4, 0.5) is 18.0 Å². The molecule has 1 saturated heterocycles. The summed E-state index contributed by atoms with van der Waals surface area (Å²) in [6.07, 6.45) is -3.28. The van der Waals surface area contributed by atoms with Gasteiger partial charge in [-0.15, -0.1) is 11.3 Å². The molecule has 0 saturated carbocycles. The standard InChI is InChI=1S/C22H26F3N3O3S/c1-21(2,3)31-20(30)26-11-14-6-5-9-28(12-14)19(29)17-13-32-18(27-17)15-7-4-8-16(10-15)22(23,24)25/h4,7-8,10,13-14H,5-6,9,11-12H2,1-3H3,(H,26,30). The highest BCUT2D eigenvalue weighted by molar-refractivity contribution is 7.13. The number of hydrogen-bond donors (Lipinski definition) is 1. The predicted octanol–water partition coefficient (Wildman–Crippen LogP) is 5.21.